The first-order valence-corrected chi connectivity index (χ1v) is 6.46. The molecule has 1 aromatic carbocycles. The average molecular weight is 301 g/mol. The summed E-state index contributed by atoms with van der Waals surface area (Å²) in [6.45, 7) is 5.03. The van der Waals surface area contributed by atoms with E-state index in [-0.39, 0.29) is 12.8 Å². The summed E-state index contributed by atoms with van der Waals surface area (Å²) in [6.07, 6.45) is 0. The van der Waals surface area contributed by atoms with Crippen LogP contribution in [-0.4, -0.2) is 19.4 Å². The van der Waals surface area contributed by atoms with Crippen molar-refractivity contribution in [3.8, 4) is 11.5 Å². The van der Waals surface area contributed by atoms with Gasteiger partial charge >= 0.3 is 0 Å². The van der Waals surface area contributed by atoms with Crippen molar-refractivity contribution in [2.45, 2.75) is 25.9 Å². The molecule has 0 saturated heterocycles. The summed E-state index contributed by atoms with van der Waals surface area (Å²) in [4.78, 5) is 0. The largest absolute Gasteiger partial charge is 0.454 e. The second-order valence-corrected chi connectivity index (χ2v) is 5.20. The van der Waals surface area contributed by atoms with Gasteiger partial charge in [-0.25, -0.2) is 0 Å². The van der Waals surface area contributed by atoms with Crippen molar-refractivity contribution in [3.63, 3.8) is 0 Å². The molecule has 0 spiro atoms. The van der Waals surface area contributed by atoms with Crippen molar-refractivity contribution in [3.05, 3.63) is 22.2 Å². The molecule has 17 heavy (non-hydrogen) atoms. The Morgan fingerprint density at radius 1 is 1.41 bits per heavy atom. The van der Waals surface area contributed by atoms with E-state index in [2.05, 4.69) is 35.1 Å². The Morgan fingerprint density at radius 2 is 2.18 bits per heavy atom. The van der Waals surface area contributed by atoms with E-state index in [9.17, 15) is 0 Å². The number of hydrogen-bond acceptors (Lipinski definition) is 4. The van der Waals surface area contributed by atoms with Gasteiger partial charge in [-0.3, -0.25) is 0 Å². The molecule has 0 fully saturated rings. The zero-order valence-corrected chi connectivity index (χ0v) is 11.6. The standard InChI is InChI=1S/C12H17BrN2O2/c1-7(2)15-10(5-14)8-3-9(13)12-11(4-8)16-6-17-12/h3-4,7,10,15H,5-6,14H2,1-2H3. The van der Waals surface area contributed by atoms with Crippen LogP contribution < -0.4 is 20.5 Å². The monoisotopic (exact) mass is 300 g/mol. The highest BCUT2D eigenvalue weighted by atomic mass is 79.9. The van der Waals surface area contributed by atoms with Crippen LogP contribution in [0.4, 0.5) is 0 Å². The molecule has 1 unspecified atom stereocenters. The van der Waals surface area contributed by atoms with Crippen LogP contribution in [0.15, 0.2) is 16.6 Å². The molecule has 1 aliphatic heterocycles. The van der Waals surface area contributed by atoms with Crippen LogP contribution in [0.3, 0.4) is 0 Å². The molecule has 0 bridgehead atoms. The second kappa shape index (κ2) is 5.25. The van der Waals surface area contributed by atoms with E-state index in [1.165, 1.54) is 0 Å². The van der Waals surface area contributed by atoms with Gasteiger partial charge in [-0.1, -0.05) is 13.8 Å². The molecule has 2 rings (SSSR count). The third-order valence-electron chi connectivity index (χ3n) is 2.62. The molecule has 0 aromatic heterocycles. The SMILES string of the molecule is CC(C)NC(CN)c1cc(Br)c2c(c1)OCO2. The third kappa shape index (κ3) is 2.73. The van der Waals surface area contributed by atoms with E-state index in [0.717, 1.165) is 21.5 Å². The highest BCUT2D eigenvalue weighted by Crippen LogP contribution is 2.41. The quantitative estimate of drug-likeness (QED) is 0.895. The molecule has 94 valence electrons. The summed E-state index contributed by atoms with van der Waals surface area (Å²) in [5, 5.41) is 3.42. The lowest BCUT2D eigenvalue weighted by atomic mass is 10.1. The van der Waals surface area contributed by atoms with Gasteiger partial charge in [-0.15, -0.1) is 0 Å². The first kappa shape index (κ1) is 12.7. The maximum atomic E-state index is 5.80. The number of fused-ring (bicyclic) bond motifs is 1. The molecule has 4 nitrogen and oxygen atoms in total. The summed E-state index contributed by atoms with van der Waals surface area (Å²) in [6, 6.07) is 4.52. The van der Waals surface area contributed by atoms with Crippen molar-refractivity contribution in [1.29, 1.82) is 0 Å². The lowest BCUT2D eigenvalue weighted by Crippen LogP contribution is -2.33. The number of nitrogens with one attached hydrogen (secondary N) is 1. The highest BCUT2D eigenvalue weighted by Gasteiger charge is 2.21. The normalized spacial score (nSPS) is 15.4. The fraction of sp³-hybridized carbons (Fsp3) is 0.500. The predicted octanol–water partition coefficient (Wildman–Crippen LogP) is 2.18. The maximum absolute atomic E-state index is 5.80. The minimum Gasteiger partial charge on any atom is -0.454 e. The first-order valence-electron chi connectivity index (χ1n) is 5.67. The van der Waals surface area contributed by atoms with Gasteiger partial charge in [0.15, 0.2) is 11.5 Å². The molecule has 0 amide bonds. The lowest BCUT2D eigenvalue weighted by molar-refractivity contribution is 0.173. The Balaban J connectivity index is 2.29. The molecule has 1 aromatic rings. The Hall–Kier alpha value is -0.780. The Kier molecular flexibility index (Phi) is 3.91. The van der Waals surface area contributed by atoms with Gasteiger partial charge in [0.05, 0.1) is 4.47 Å². The smallest absolute Gasteiger partial charge is 0.231 e. The van der Waals surface area contributed by atoms with E-state index in [0.29, 0.717) is 12.6 Å². The van der Waals surface area contributed by atoms with Crippen LogP contribution >= 0.6 is 15.9 Å². The van der Waals surface area contributed by atoms with Gasteiger partial charge in [-0.05, 0) is 33.6 Å². The van der Waals surface area contributed by atoms with Crippen LogP contribution in [0.1, 0.15) is 25.5 Å². The molecule has 1 heterocycles. The predicted molar refractivity (Wildman–Crippen MR) is 70.3 cm³/mol. The van der Waals surface area contributed by atoms with Gasteiger partial charge in [0, 0.05) is 18.6 Å². The van der Waals surface area contributed by atoms with E-state index in [1.807, 2.05) is 12.1 Å². The van der Waals surface area contributed by atoms with Crippen LogP contribution in [0, 0.1) is 0 Å². The van der Waals surface area contributed by atoms with Crippen molar-refractivity contribution in [2.75, 3.05) is 13.3 Å². The lowest BCUT2D eigenvalue weighted by Gasteiger charge is -2.20. The fourth-order valence-corrected chi connectivity index (χ4v) is 2.47. The summed E-state index contributed by atoms with van der Waals surface area (Å²) in [7, 11) is 0. The number of hydrogen-bond donors (Lipinski definition) is 2. The molecular formula is C12H17BrN2O2. The third-order valence-corrected chi connectivity index (χ3v) is 3.21. The summed E-state index contributed by atoms with van der Waals surface area (Å²) >= 11 is 3.49. The molecule has 5 heteroatoms. The Bertz CT molecular complexity index is 410. The van der Waals surface area contributed by atoms with E-state index < -0.39 is 0 Å². The van der Waals surface area contributed by atoms with Crippen molar-refractivity contribution >= 4 is 15.9 Å². The summed E-state index contributed by atoms with van der Waals surface area (Å²) in [5.74, 6) is 1.55. The van der Waals surface area contributed by atoms with Gasteiger partial charge < -0.3 is 20.5 Å². The number of rotatable bonds is 4. The fourth-order valence-electron chi connectivity index (χ4n) is 1.89. The molecule has 0 saturated carbocycles. The second-order valence-electron chi connectivity index (χ2n) is 4.35. The van der Waals surface area contributed by atoms with Gasteiger partial charge in [0.1, 0.15) is 0 Å². The average Bonchev–Trinajstić information content (AvgIpc) is 2.74. The van der Waals surface area contributed by atoms with Crippen molar-refractivity contribution < 1.29 is 9.47 Å². The number of ether oxygens (including phenoxy) is 2. The van der Waals surface area contributed by atoms with Crippen molar-refractivity contribution in [2.24, 2.45) is 5.73 Å². The van der Waals surface area contributed by atoms with Gasteiger partial charge in [0.25, 0.3) is 0 Å². The first-order chi connectivity index (χ1) is 8.11. The molecule has 1 atom stereocenters. The van der Waals surface area contributed by atoms with E-state index in [1.54, 1.807) is 0 Å². The Labute approximate surface area is 110 Å². The maximum Gasteiger partial charge on any atom is 0.231 e. The van der Waals surface area contributed by atoms with E-state index in [4.69, 9.17) is 15.2 Å². The van der Waals surface area contributed by atoms with Crippen molar-refractivity contribution in [1.82, 2.24) is 5.32 Å². The molecular weight excluding hydrogens is 284 g/mol. The summed E-state index contributed by atoms with van der Waals surface area (Å²) in [5.41, 5.74) is 6.91. The van der Waals surface area contributed by atoms with Crippen LogP contribution in [0.25, 0.3) is 0 Å². The van der Waals surface area contributed by atoms with E-state index >= 15 is 0 Å². The molecule has 1 aliphatic rings. The number of benzene rings is 1. The molecule has 0 aliphatic carbocycles. The number of halogens is 1. The Morgan fingerprint density at radius 3 is 2.82 bits per heavy atom. The van der Waals surface area contributed by atoms with Crippen LogP contribution in [0.5, 0.6) is 11.5 Å². The van der Waals surface area contributed by atoms with Gasteiger partial charge in [0.2, 0.25) is 6.79 Å². The summed E-state index contributed by atoms with van der Waals surface area (Å²) < 4.78 is 11.7. The zero-order valence-electron chi connectivity index (χ0n) is 10.00. The zero-order chi connectivity index (χ0) is 12.4. The minimum absolute atomic E-state index is 0.126. The van der Waals surface area contributed by atoms with Crippen LogP contribution in [-0.2, 0) is 0 Å². The molecule has 3 N–H and O–H groups in total. The highest BCUT2D eigenvalue weighted by molar-refractivity contribution is 9.10. The molecule has 0 radical (unpaired) electrons. The minimum atomic E-state index is 0.126. The number of nitrogens with two attached hydrogens (primary N) is 1. The topological polar surface area (TPSA) is 56.5 Å². The van der Waals surface area contributed by atoms with Gasteiger partial charge in [-0.2, -0.15) is 0 Å². The van der Waals surface area contributed by atoms with Crippen LogP contribution in [0.2, 0.25) is 0 Å².